The molecule has 7 heteroatoms. The maximum Gasteiger partial charge on any atom is 0.227 e. The van der Waals surface area contributed by atoms with Crippen LogP contribution in [0.25, 0.3) is 0 Å². The number of hydrogen-bond acceptors (Lipinski definition) is 5. The maximum absolute atomic E-state index is 12.7. The van der Waals surface area contributed by atoms with Gasteiger partial charge in [-0.3, -0.25) is 14.7 Å². The van der Waals surface area contributed by atoms with Crippen LogP contribution >= 0.6 is 11.6 Å². The monoisotopic (exact) mass is 387 g/mol. The molecule has 0 saturated carbocycles. The molecule has 0 spiro atoms. The Balaban J connectivity index is 1.33. The van der Waals surface area contributed by atoms with Gasteiger partial charge in [-0.25, -0.2) is 0 Å². The number of benzene rings is 1. The lowest BCUT2D eigenvalue weighted by molar-refractivity contribution is -0.132. The standard InChI is InChI=1S/C20H22ClN3O3/c21-17-10-16(11-18-20(17)27-9-8-26-18)12-19(25)24-6-4-23(5-7-24)14-15-2-1-3-22-13-15/h1-3,10-11,13H,4-9,12,14H2. The molecule has 1 aromatic carbocycles. The van der Waals surface area contributed by atoms with E-state index in [2.05, 4.69) is 16.0 Å². The molecule has 0 N–H and O–H groups in total. The first-order chi connectivity index (χ1) is 13.2. The summed E-state index contributed by atoms with van der Waals surface area (Å²) >= 11 is 6.27. The zero-order chi connectivity index (χ0) is 18.6. The van der Waals surface area contributed by atoms with Gasteiger partial charge in [0.15, 0.2) is 11.5 Å². The van der Waals surface area contributed by atoms with E-state index in [4.69, 9.17) is 21.1 Å². The highest BCUT2D eigenvalue weighted by atomic mass is 35.5. The summed E-state index contributed by atoms with van der Waals surface area (Å²) in [7, 11) is 0. The van der Waals surface area contributed by atoms with Gasteiger partial charge in [0.25, 0.3) is 0 Å². The molecular formula is C20H22ClN3O3. The summed E-state index contributed by atoms with van der Waals surface area (Å²) in [5.41, 5.74) is 2.05. The molecule has 1 saturated heterocycles. The van der Waals surface area contributed by atoms with E-state index in [1.54, 1.807) is 12.3 Å². The van der Waals surface area contributed by atoms with Crippen LogP contribution in [0.1, 0.15) is 11.1 Å². The molecular weight excluding hydrogens is 366 g/mol. The van der Waals surface area contributed by atoms with Crippen molar-refractivity contribution in [1.82, 2.24) is 14.8 Å². The number of rotatable bonds is 4. The van der Waals surface area contributed by atoms with Gasteiger partial charge in [0.1, 0.15) is 13.2 Å². The molecule has 0 unspecified atom stereocenters. The van der Waals surface area contributed by atoms with Crippen LogP contribution in [0.3, 0.4) is 0 Å². The van der Waals surface area contributed by atoms with E-state index in [0.717, 1.165) is 38.3 Å². The molecule has 27 heavy (non-hydrogen) atoms. The SMILES string of the molecule is O=C(Cc1cc(Cl)c2c(c1)OCCO2)N1CCN(Cc2cccnc2)CC1. The molecule has 1 amide bonds. The lowest BCUT2D eigenvalue weighted by Gasteiger charge is -2.34. The van der Waals surface area contributed by atoms with Crippen molar-refractivity contribution in [3.8, 4) is 11.5 Å². The number of carbonyl (C=O) groups is 1. The molecule has 1 fully saturated rings. The number of carbonyl (C=O) groups excluding carboxylic acids is 1. The summed E-state index contributed by atoms with van der Waals surface area (Å²) < 4.78 is 11.1. The third-order valence-corrected chi connectivity index (χ3v) is 5.15. The minimum atomic E-state index is 0.115. The van der Waals surface area contributed by atoms with E-state index in [0.29, 0.717) is 36.2 Å². The molecule has 1 aromatic heterocycles. The third-order valence-electron chi connectivity index (χ3n) is 4.87. The fourth-order valence-corrected chi connectivity index (χ4v) is 3.75. The Morgan fingerprint density at radius 3 is 2.70 bits per heavy atom. The number of pyridine rings is 1. The lowest BCUT2D eigenvalue weighted by atomic mass is 10.1. The molecule has 2 aliphatic heterocycles. The van der Waals surface area contributed by atoms with Crippen LogP contribution in [-0.4, -0.2) is 60.1 Å². The van der Waals surface area contributed by atoms with Gasteiger partial charge in [-0.05, 0) is 29.3 Å². The number of halogens is 1. The summed E-state index contributed by atoms with van der Waals surface area (Å²) in [6.07, 6.45) is 3.99. The van der Waals surface area contributed by atoms with E-state index >= 15 is 0 Å². The minimum Gasteiger partial charge on any atom is -0.486 e. The van der Waals surface area contributed by atoms with Gasteiger partial charge in [-0.2, -0.15) is 0 Å². The number of fused-ring (bicyclic) bond motifs is 1. The van der Waals surface area contributed by atoms with Crippen molar-refractivity contribution in [2.75, 3.05) is 39.4 Å². The first kappa shape index (κ1) is 18.1. The highest BCUT2D eigenvalue weighted by Gasteiger charge is 2.23. The zero-order valence-corrected chi connectivity index (χ0v) is 15.8. The Hall–Kier alpha value is -2.31. The van der Waals surface area contributed by atoms with Gasteiger partial charge >= 0.3 is 0 Å². The topological polar surface area (TPSA) is 54.9 Å². The second-order valence-electron chi connectivity index (χ2n) is 6.80. The van der Waals surface area contributed by atoms with Gasteiger partial charge in [-0.1, -0.05) is 17.7 Å². The fraction of sp³-hybridized carbons (Fsp3) is 0.400. The quantitative estimate of drug-likeness (QED) is 0.806. The van der Waals surface area contributed by atoms with Crippen LogP contribution < -0.4 is 9.47 Å². The van der Waals surface area contributed by atoms with Crippen molar-refractivity contribution in [3.05, 3.63) is 52.8 Å². The van der Waals surface area contributed by atoms with Gasteiger partial charge in [0.05, 0.1) is 11.4 Å². The number of piperazine rings is 1. The first-order valence-electron chi connectivity index (χ1n) is 9.16. The number of hydrogen-bond donors (Lipinski definition) is 0. The van der Waals surface area contributed by atoms with Crippen molar-refractivity contribution < 1.29 is 14.3 Å². The van der Waals surface area contributed by atoms with Crippen LogP contribution in [0, 0.1) is 0 Å². The summed E-state index contributed by atoms with van der Waals surface area (Å²) in [5, 5.41) is 0.497. The Kier molecular flexibility index (Phi) is 5.45. The highest BCUT2D eigenvalue weighted by molar-refractivity contribution is 6.32. The van der Waals surface area contributed by atoms with Gasteiger partial charge in [0.2, 0.25) is 5.91 Å². The van der Waals surface area contributed by atoms with Crippen LogP contribution in [0.15, 0.2) is 36.7 Å². The van der Waals surface area contributed by atoms with E-state index in [1.807, 2.05) is 23.2 Å². The van der Waals surface area contributed by atoms with Crippen LogP contribution in [-0.2, 0) is 17.8 Å². The van der Waals surface area contributed by atoms with E-state index < -0.39 is 0 Å². The average Bonchev–Trinajstić information content (AvgIpc) is 2.69. The average molecular weight is 388 g/mol. The Morgan fingerprint density at radius 1 is 1.11 bits per heavy atom. The molecule has 2 aliphatic rings. The summed E-state index contributed by atoms with van der Waals surface area (Å²) in [6.45, 7) is 5.06. The summed E-state index contributed by atoms with van der Waals surface area (Å²) in [5.74, 6) is 1.31. The van der Waals surface area contributed by atoms with Gasteiger partial charge in [-0.15, -0.1) is 0 Å². The van der Waals surface area contributed by atoms with E-state index in [-0.39, 0.29) is 5.91 Å². The van der Waals surface area contributed by atoms with Crippen LogP contribution in [0.5, 0.6) is 11.5 Å². The van der Waals surface area contributed by atoms with Gasteiger partial charge in [0, 0.05) is 45.1 Å². The minimum absolute atomic E-state index is 0.115. The van der Waals surface area contributed by atoms with Crippen molar-refractivity contribution >= 4 is 17.5 Å². The molecule has 4 rings (SSSR count). The van der Waals surface area contributed by atoms with Crippen LogP contribution in [0.4, 0.5) is 0 Å². The smallest absolute Gasteiger partial charge is 0.227 e. The van der Waals surface area contributed by atoms with E-state index in [9.17, 15) is 4.79 Å². The first-order valence-corrected chi connectivity index (χ1v) is 9.54. The fourth-order valence-electron chi connectivity index (χ4n) is 3.46. The Bertz CT molecular complexity index is 808. The maximum atomic E-state index is 12.7. The number of aromatic nitrogens is 1. The molecule has 0 aliphatic carbocycles. The van der Waals surface area contributed by atoms with Crippen molar-refractivity contribution in [2.24, 2.45) is 0 Å². The predicted molar refractivity (Wildman–Crippen MR) is 102 cm³/mol. The summed E-state index contributed by atoms with van der Waals surface area (Å²) in [4.78, 5) is 21.1. The Labute approximate surface area is 163 Å². The third kappa shape index (κ3) is 4.34. The number of amides is 1. The van der Waals surface area contributed by atoms with Crippen molar-refractivity contribution in [2.45, 2.75) is 13.0 Å². The van der Waals surface area contributed by atoms with Crippen molar-refractivity contribution in [3.63, 3.8) is 0 Å². The van der Waals surface area contributed by atoms with Crippen LogP contribution in [0.2, 0.25) is 5.02 Å². The summed E-state index contributed by atoms with van der Waals surface area (Å²) in [6, 6.07) is 7.69. The molecule has 2 aromatic rings. The molecule has 3 heterocycles. The Morgan fingerprint density at radius 2 is 1.93 bits per heavy atom. The number of nitrogens with zero attached hydrogens (tertiary/aromatic N) is 3. The normalized spacial score (nSPS) is 17.0. The molecule has 0 bridgehead atoms. The highest BCUT2D eigenvalue weighted by Crippen LogP contribution is 2.38. The van der Waals surface area contributed by atoms with E-state index in [1.165, 1.54) is 5.56 Å². The molecule has 0 radical (unpaired) electrons. The number of ether oxygens (including phenoxy) is 2. The lowest BCUT2D eigenvalue weighted by Crippen LogP contribution is -2.48. The predicted octanol–water partition coefficient (Wildman–Crippen LogP) is 2.39. The largest absolute Gasteiger partial charge is 0.486 e. The zero-order valence-electron chi connectivity index (χ0n) is 15.1. The molecule has 0 atom stereocenters. The van der Waals surface area contributed by atoms with Gasteiger partial charge < -0.3 is 14.4 Å². The molecule has 142 valence electrons. The second kappa shape index (κ2) is 8.15. The second-order valence-corrected chi connectivity index (χ2v) is 7.20. The van der Waals surface area contributed by atoms with Crippen molar-refractivity contribution in [1.29, 1.82) is 0 Å². The molecule has 6 nitrogen and oxygen atoms in total.